The third-order valence-electron chi connectivity index (χ3n) is 4.63. The number of imidazole rings is 1. The molecule has 28 heavy (non-hydrogen) atoms. The molecule has 4 rings (SSSR count). The van der Waals surface area contributed by atoms with Gasteiger partial charge in [-0.25, -0.2) is 14.8 Å². The van der Waals surface area contributed by atoms with Crippen molar-refractivity contribution < 1.29 is 9.90 Å². The number of pyridine rings is 1. The smallest absolute Gasteiger partial charge is 0.356 e. The fourth-order valence-electron chi connectivity index (χ4n) is 2.95. The Labute approximate surface area is 166 Å². The Morgan fingerprint density at radius 3 is 2.75 bits per heavy atom. The lowest BCUT2D eigenvalue weighted by Crippen LogP contribution is -2.12. The lowest BCUT2D eigenvalue weighted by Gasteiger charge is -2.09. The van der Waals surface area contributed by atoms with Gasteiger partial charge >= 0.3 is 5.97 Å². The van der Waals surface area contributed by atoms with E-state index in [4.69, 9.17) is 0 Å². The second-order valence-corrected chi connectivity index (χ2v) is 7.68. The quantitative estimate of drug-likeness (QED) is 0.481. The van der Waals surface area contributed by atoms with Crippen molar-refractivity contribution in [3.05, 3.63) is 60.7 Å². The molecule has 0 amide bonds. The van der Waals surface area contributed by atoms with Crippen molar-refractivity contribution in [2.75, 3.05) is 5.32 Å². The van der Waals surface area contributed by atoms with Gasteiger partial charge in [-0.05, 0) is 25.0 Å². The zero-order valence-electron chi connectivity index (χ0n) is 15.6. The maximum Gasteiger partial charge on any atom is 0.356 e. The normalized spacial score (nSPS) is 12.2. The zero-order chi connectivity index (χ0) is 19.7. The first-order chi connectivity index (χ1) is 13.5. The SMILES string of the molecule is CCC(C)Nc1ncc(-c2cc(-c3ccccc3)c3nc(C(=O)O)cn3c2)s1. The van der Waals surface area contributed by atoms with Gasteiger partial charge in [0.2, 0.25) is 0 Å². The Kier molecular flexibility index (Phi) is 4.83. The van der Waals surface area contributed by atoms with E-state index in [0.717, 1.165) is 33.1 Å². The van der Waals surface area contributed by atoms with Gasteiger partial charge < -0.3 is 14.8 Å². The monoisotopic (exact) mass is 392 g/mol. The first kappa shape index (κ1) is 18.2. The molecule has 0 bridgehead atoms. The maximum atomic E-state index is 11.4. The van der Waals surface area contributed by atoms with Gasteiger partial charge in [-0.1, -0.05) is 48.6 Å². The lowest BCUT2D eigenvalue weighted by molar-refractivity contribution is 0.0691. The highest BCUT2D eigenvalue weighted by atomic mass is 32.1. The molecule has 1 unspecified atom stereocenters. The van der Waals surface area contributed by atoms with Crippen LogP contribution in [0.25, 0.3) is 27.2 Å². The number of thiazole rings is 1. The Hall–Kier alpha value is -3.19. The number of carbonyl (C=O) groups is 1. The van der Waals surface area contributed by atoms with Gasteiger partial charge in [-0.15, -0.1) is 0 Å². The van der Waals surface area contributed by atoms with E-state index in [2.05, 4.69) is 29.1 Å². The first-order valence-electron chi connectivity index (χ1n) is 9.09. The van der Waals surface area contributed by atoms with E-state index in [1.165, 1.54) is 0 Å². The van der Waals surface area contributed by atoms with Gasteiger partial charge in [0.05, 0.1) is 4.88 Å². The van der Waals surface area contributed by atoms with Crippen LogP contribution in [-0.4, -0.2) is 31.5 Å². The van der Waals surface area contributed by atoms with Crippen LogP contribution < -0.4 is 5.32 Å². The molecular weight excluding hydrogens is 372 g/mol. The number of carboxylic acid groups (broad SMARTS) is 1. The fourth-order valence-corrected chi connectivity index (χ4v) is 3.86. The summed E-state index contributed by atoms with van der Waals surface area (Å²) in [6, 6.07) is 12.3. The molecule has 0 fully saturated rings. The average molecular weight is 392 g/mol. The standard InChI is InChI=1S/C21H20N4O2S/c1-3-13(2)23-21-22-10-18(28-21)15-9-16(14-7-5-4-6-8-14)19-24-17(20(26)27)12-25(19)11-15/h4-13H,3H2,1-2H3,(H,22,23)(H,26,27). The van der Waals surface area contributed by atoms with E-state index < -0.39 is 5.97 Å². The first-order valence-corrected chi connectivity index (χ1v) is 9.91. The van der Waals surface area contributed by atoms with E-state index in [-0.39, 0.29) is 5.69 Å². The Balaban J connectivity index is 1.84. The van der Waals surface area contributed by atoms with Crippen LogP contribution in [0, 0.1) is 0 Å². The summed E-state index contributed by atoms with van der Waals surface area (Å²) in [6.45, 7) is 4.25. The summed E-state index contributed by atoms with van der Waals surface area (Å²) in [5, 5.41) is 13.6. The summed E-state index contributed by atoms with van der Waals surface area (Å²) in [5.41, 5.74) is 3.48. The van der Waals surface area contributed by atoms with Crippen LogP contribution in [0.5, 0.6) is 0 Å². The number of rotatable bonds is 6. The molecule has 3 heterocycles. The molecule has 2 N–H and O–H groups in total. The predicted molar refractivity (Wildman–Crippen MR) is 112 cm³/mol. The minimum atomic E-state index is -1.04. The number of carboxylic acids is 1. The molecule has 0 saturated heterocycles. The molecule has 0 aliphatic heterocycles. The van der Waals surface area contributed by atoms with E-state index in [1.54, 1.807) is 21.9 Å². The molecule has 7 heteroatoms. The number of hydrogen-bond donors (Lipinski definition) is 2. The molecule has 0 saturated carbocycles. The van der Waals surface area contributed by atoms with Crippen molar-refractivity contribution in [2.24, 2.45) is 0 Å². The van der Waals surface area contributed by atoms with Crippen molar-refractivity contribution >= 4 is 28.1 Å². The molecule has 142 valence electrons. The number of benzene rings is 1. The van der Waals surface area contributed by atoms with Crippen molar-refractivity contribution in [3.63, 3.8) is 0 Å². The van der Waals surface area contributed by atoms with Gasteiger partial charge in [0.15, 0.2) is 10.8 Å². The summed E-state index contributed by atoms with van der Waals surface area (Å²) in [7, 11) is 0. The maximum absolute atomic E-state index is 11.4. The number of aromatic nitrogens is 3. The minimum Gasteiger partial charge on any atom is -0.476 e. The fraction of sp³-hybridized carbons (Fsp3) is 0.190. The van der Waals surface area contributed by atoms with Gasteiger partial charge in [0.1, 0.15) is 5.65 Å². The third kappa shape index (κ3) is 3.48. The number of fused-ring (bicyclic) bond motifs is 1. The van der Waals surface area contributed by atoms with Crippen LogP contribution in [-0.2, 0) is 0 Å². The van der Waals surface area contributed by atoms with Crippen LogP contribution in [0.15, 0.2) is 55.0 Å². The molecule has 6 nitrogen and oxygen atoms in total. The number of nitrogens with one attached hydrogen (secondary N) is 1. The third-order valence-corrected chi connectivity index (χ3v) is 5.61. The summed E-state index contributed by atoms with van der Waals surface area (Å²) >= 11 is 1.58. The molecule has 0 spiro atoms. The Morgan fingerprint density at radius 1 is 1.25 bits per heavy atom. The number of hydrogen-bond acceptors (Lipinski definition) is 5. The molecule has 0 aliphatic carbocycles. The number of aromatic carboxylic acids is 1. The average Bonchev–Trinajstić information content (AvgIpc) is 3.34. The molecule has 0 aliphatic rings. The van der Waals surface area contributed by atoms with E-state index in [0.29, 0.717) is 11.7 Å². The molecule has 0 radical (unpaired) electrons. The molecule has 1 atom stereocenters. The minimum absolute atomic E-state index is 0.0257. The molecular formula is C21H20N4O2S. The molecule has 3 aromatic heterocycles. The topological polar surface area (TPSA) is 79.5 Å². The number of nitrogens with zero attached hydrogens (tertiary/aromatic N) is 3. The van der Waals surface area contributed by atoms with Crippen LogP contribution in [0.1, 0.15) is 30.8 Å². The molecule has 1 aromatic carbocycles. The second-order valence-electron chi connectivity index (χ2n) is 6.65. The van der Waals surface area contributed by atoms with Gasteiger partial charge in [0, 0.05) is 35.8 Å². The van der Waals surface area contributed by atoms with E-state index in [1.807, 2.05) is 48.8 Å². The Morgan fingerprint density at radius 2 is 2.04 bits per heavy atom. The Bertz CT molecular complexity index is 1130. The van der Waals surface area contributed by atoms with Gasteiger partial charge in [-0.2, -0.15) is 0 Å². The van der Waals surface area contributed by atoms with Crippen molar-refractivity contribution in [1.29, 1.82) is 0 Å². The van der Waals surface area contributed by atoms with Crippen LogP contribution in [0.3, 0.4) is 0 Å². The molecule has 4 aromatic rings. The highest BCUT2D eigenvalue weighted by molar-refractivity contribution is 7.18. The van der Waals surface area contributed by atoms with Crippen molar-refractivity contribution in [1.82, 2.24) is 14.4 Å². The largest absolute Gasteiger partial charge is 0.476 e. The zero-order valence-corrected chi connectivity index (χ0v) is 16.4. The highest BCUT2D eigenvalue weighted by Crippen LogP contribution is 2.34. The number of anilines is 1. The van der Waals surface area contributed by atoms with Crippen LogP contribution in [0.4, 0.5) is 5.13 Å². The van der Waals surface area contributed by atoms with Crippen LogP contribution in [0.2, 0.25) is 0 Å². The summed E-state index contributed by atoms with van der Waals surface area (Å²) < 4.78 is 1.78. The van der Waals surface area contributed by atoms with E-state index in [9.17, 15) is 9.90 Å². The van der Waals surface area contributed by atoms with E-state index >= 15 is 0 Å². The summed E-state index contributed by atoms with van der Waals surface area (Å²) in [5.74, 6) is -1.04. The summed E-state index contributed by atoms with van der Waals surface area (Å²) in [4.78, 5) is 21.2. The highest BCUT2D eigenvalue weighted by Gasteiger charge is 2.16. The van der Waals surface area contributed by atoms with Crippen LogP contribution >= 0.6 is 11.3 Å². The van der Waals surface area contributed by atoms with Crippen molar-refractivity contribution in [2.45, 2.75) is 26.3 Å². The lowest BCUT2D eigenvalue weighted by atomic mass is 10.0. The summed E-state index contributed by atoms with van der Waals surface area (Å²) in [6.07, 6.45) is 6.32. The second kappa shape index (κ2) is 7.44. The predicted octanol–water partition coefficient (Wildman–Crippen LogP) is 5.03. The van der Waals surface area contributed by atoms with Crippen molar-refractivity contribution in [3.8, 4) is 21.6 Å². The van der Waals surface area contributed by atoms with Gasteiger partial charge in [0.25, 0.3) is 0 Å². The van der Waals surface area contributed by atoms with Gasteiger partial charge in [-0.3, -0.25) is 0 Å².